The first kappa shape index (κ1) is 22.2. The zero-order valence-corrected chi connectivity index (χ0v) is 17.5. The van der Waals surface area contributed by atoms with Crippen LogP contribution >= 0.6 is 0 Å². The second-order valence-electron chi connectivity index (χ2n) is 7.58. The third-order valence-electron chi connectivity index (χ3n) is 5.56. The molecule has 172 valence electrons. The van der Waals surface area contributed by atoms with Crippen LogP contribution in [0.3, 0.4) is 0 Å². The van der Waals surface area contributed by atoms with Crippen LogP contribution < -0.4 is 0 Å². The van der Waals surface area contributed by atoms with Crippen molar-refractivity contribution < 1.29 is 43.9 Å². The molecule has 9 heteroatoms. The van der Waals surface area contributed by atoms with Gasteiger partial charge in [0.05, 0.1) is 18.4 Å². The Hall–Kier alpha value is -3.98. The van der Waals surface area contributed by atoms with Gasteiger partial charge in [0.25, 0.3) is 0 Å². The van der Waals surface area contributed by atoms with Crippen molar-refractivity contribution in [1.29, 1.82) is 0 Å². The maximum absolute atomic E-state index is 12.8. The molecule has 0 saturated carbocycles. The van der Waals surface area contributed by atoms with E-state index in [-0.39, 0.29) is 41.1 Å². The summed E-state index contributed by atoms with van der Waals surface area (Å²) in [6, 6.07) is 8.28. The minimum absolute atomic E-state index is 0.0538. The average Bonchev–Trinajstić information content (AvgIpc) is 2.78. The average molecular weight is 454 g/mol. The van der Waals surface area contributed by atoms with E-state index in [9.17, 15) is 24.9 Å². The Balaban J connectivity index is 1.49. The molecule has 0 spiro atoms. The molecule has 0 radical (unpaired) electrons. The number of aromatic hydroxyl groups is 3. The summed E-state index contributed by atoms with van der Waals surface area (Å²) in [7, 11) is 0. The number of benzene rings is 2. The zero-order chi connectivity index (χ0) is 23.5. The van der Waals surface area contributed by atoms with Crippen molar-refractivity contribution >= 4 is 11.9 Å². The number of carbonyl (C=O) groups is 2. The van der Waals surface area contributed by atoms with Gasteiger partial charge in [-0.3, -0.25) is 0 Å². The van der Waals surface area contributed by atoms with Gasteiger partial charge in [-0.2, -0.15) is 0 Å². The Kier molecular flexibility index (Phi) is 6.23. The summed E-state index contributed by atoms with van der Waals surface area (Å²) >= 11 is 0. The first-order valence-electron chi connectivity index (χ1n) is 10.2. The second kappa shape index (κ2) is 9.25. The lowest BCUT2D eigenvalue weighted by Gasteiger charge is -2.37. The normalized spacial score (nSPS) is 21.8. The van der Waals surface area contributed by atoms with E-state index in [0.717, 1.165) is 6.07 Å². The van der Waals surface area contributed by atoms with Crippen LogP contribution in [0.2, 0.25) is 0 Å². The van der Waals surface area contributed by atoms with Gasteiger partial charge in [-0.25, -0.2) is 9.59 Å². The number of rotatable bonds is 6. The highest BCUT2D eigenvalue weighted by molar-refractivity contribution is 6.00. The Labute approximate surface area is 189 Å². The van der Waals surface area contributed by atoms with Crippen LogP contribution in [0.25, 0.3) is 11.1 Å². The molecule has 4 rings (SSSR count). The third kappa shape index (κ3) is 4.49. The van der Waals surface area contributed by atoms with Gasteiger partial charge in [0.1, 0.15) is 22.8 Å². The molecule has 1 saturated heterocycles. The standard InChI is InChI=1S/C24H22O9/c1-2-16-17-6-7-30-22(28)19(17)11-31-24(16)33-12-32-23(29)21-18(9-15(26)10-20(21)27)13-4-3-5-14(25)8-13/h2-5,8-11,16-17,24-27H,1,6-7,12H2/t16-,17+,24+/m1/s1. The Morgan fingerprint density at radius 3 is 2.76 bits per heavy atom. The van der Waals surface area contributed by atoms with Crippen molar-refractivity contribution in [2.45, 2.75) is 12.7 Å². The lowest BCUT2D eigenvalue weighted by atomic mass is 9.81. The number of cyclic esters (lactones) is 1. The fourth-order valence-electron chi connectivity index (χ4n) is 4.00. The molecule has 3 N–H and O–H groups in total. The van der Waals surface area contributed by atoms with E-state index < -0.39 is 30.8 Å². The van der Waals surface area contributed by atoms with E-state index in [2.05, 4.69) is 6.58 Å². The number of esters is 2. The zero-order valence-electron chi connectivity index (χ0n) is 17.5. The number of fused-ring (bicyclic) bond motifs is 1. The van der Waals surface area contributed by atoms with Crippen molar-refractivity contribution in [3.63, 3.8) is 0 Å². The molecule has 0 aromatic heterocycles. The highest BCUT2D eigenvalue weighted by atomic mass is 16.8. The van der Waals surface area contributed by atoms with Crippen molar-refractivity contribution in [2.75, 3.05) is 13.4 Å². The van der Waals surface area contributed by atoms with E-state index in [1.54, 1.807) is 18.2 Å². The molecule has 2 aromatic carbocycles. The molecule has 0 bridgehead atoms. The number of ether oxygens (including phenoxy) is 4. The fraction of sp³-hybridized carbons (Fsp3) is 0.250. The minimum atomic E-state index is -0.908. The summed E-state index contributed by atoms with van der Waals surface area (Å²) in [5, 5.41) is 29.9. The van der Waals surface area contributed by atoms with Gasteiger partial charge in [0.2, 0.25) is 6.29 Å². The Morgan fingerprint density at radius 1 is 1.18 bits per heavy atom. The van der Waals surface area contributed by atoms with E-state index in [1.807, 2.05) is 0 Å². The summed E-state index contributed by atoms with van der Waals surface area (Å²) in [6.07, 6.45) is 2.67. The first-order valence-corrected chi connectivity index (χ1v) is 10.2. The lowest BCUT2D eigenvalue weighted by molar-refractivity contribution is -0.192. The van der Waals surface area contributed by atoms with Crippen LogP contribution in [0.15, 0.2) is 60.9 Å². The highest BCUT2D eigenvalue weighted by Crippen LogP contribution is 2.38. The lowest BCUT2D eigenvalue weighted by Crippen LogP contribution is -2.40. The predicted molar refractivity (Wildman–Crippen MR) is 114 cm³/mol. The number of carbonyl (C=O) groups excluding carboxylic acids is 2. The number of hydrogen-bond donors (Lipinski definition) is 3. The molecular formula is C24H22O9. The van der Waals surface area contributed by atoms with Gasteiger partial charge >= 0.3 is 11.9 Å². The number of phenols is 3. The maximum atomic E-state index is 12.8. The van der Waals surface area contributed by atoms with Crippen molar-refractivity contribution in [3.05, 3.63) is 66.5 Å². The summed E-state index contributed by atoms with van der Waals surface area (Å²) < 4.78 is 21.3. The number of phenolic OH excluding ortho intramolecular Hbond substituents is 3. The quantitative estimate of drug-likeness (QED) is 0.342. The van der Waals surface area contributed by atoms with E-state index in [0.29, 0.717) is 17.6 Å². The van der Waals surface area contributed by atoms with Gasteiger partial charge in [-0.05, 0) is 30.2 Å². The smallest absolute Gasteiger partial charge is 0.344 e. The highest BCUT2D eigenvalue weighted by Gasteiger charge is 2.41. The van der Waals surface area contributed by atoms with Gasteiger partial charge in [-0.15, -0.1) is 6.58 Å². The monoisotopic (exact) mass is 454 g/mol. The maximum Gasteiger partial charge on any atom is 0.344 e. The second-order valence-corrected chi connectivity index (χ2v) is 7.58. The summed E-state index contributed by atoms with van der Waals surface area (Å²) in [5.74, 6) is -2.71. The summed E-state index contributed by atoms with van der Waals surface area (Å²) in [6.45, 7) is 3.57. The van der Waals surface area contributed by atoms with Crippen LogP contribution in [-0.4, -0.2) is 46.9 Å². The summed E-state index contributed by atoms with van der Waals surface area (Å²) in [4.78, 5) is 24.7. The molecular weight excluding hydrogens is 432 g/mol. The van der Waals surface area contributed by atoms with E-state index in [1.165, 1.54) is 24.5 Å². The van der Waals surface area contributed by atoms with E-state index >= 15 is 0 Å². The van der Waals surface area contributed by atoms with Gasteiger partial charge < -0.3 is 34.3 Å². The SMILES string of the molecule is C=C[C@H]1[C@H](OCOC(=O)c2c(O)cc(O)cc2-c2cccc(O)c2)OC=C2C(=O)OCC[C@H]21. The molecule has 2 aliphatic heterocycles. The molecule has 2 aromatic rings. The first-order chi connectivity index (χ1) is 15.9. The minimum Gasteiger partial charge on any atom is -0.508 e. The van der Waals surface area contributed by atoms with Gasteiger partial charge in [-0.1, -0.05) is 18.2 Å². The van der Waals surface area contributed by atoms with Crippen LogP contribution in [0.1, 0.15) is 16.8 Å². The van der Waals surface area contributed by atoms with Crippen LogP contribution in [-0.2, 0) is 23.7 Å². The van der Waals surface area contributed by atoms with Gasteiger partial charge in [0, 0.05) is 23.5 Å². The van der Waals surface area contributed by atoms with Crippen molar-refractivity contribution in [3.8, 4) is 28.4 Å². The largest absolute Gasteiger partial charge is 0.508 e. The molecule has 9 nitrogen and oxygen atoms in total. The van der Waals surface area contributed by atoms with Crippen LogP contribution in [0.5, 0.6) is 17.2 Å². The number of hydrogen-bond acceptors (Lipinski definition) is 9. The van der Waals surface area contributed by atoms with Crippen LogP contribution in [0, 0.1) is 11.8 Å². The molecule has 2 heterocycles. The molecule has 2 aliphatic rings. The molecule has 3 atom stereocenters. The fourth-order valence-corrected chi connectivity index (χ4v) is 4.00. The Bertz CT molecular complexity index is 1120. The molecule has 0 aliphatic carbocycles. The van der Waals surface area contributed by atoms with Crippen molar-refractivity contribution in [1.82, 2.24) is 0 Å². The molecule has 0 unspecified atom stereocenters. The van der Waals surface area contributed by atoms with E-state index in [4.69, 9.17) is 18.9 Å². The predicted octanol–water partition coefficient (Wildman–Crippen LogP) is 3.21. The summed E-state index contributed by atoms with van der Waals surface area (Å²) in [5.41, 5.74) is 0.759. The topological polar surface area (TPSA) is 132 Å². The van der Waals surface area contributed by atoms with Crippen LogP contribution in [0.4, 0.5) is 0 Å². The third-order valence-corrected chi connectivity index (χ3v) is 5.56. The molecule has 1 fully saturated rings. The molecule has 0 amide bonds. The van der Waals surface area contributed by atoms with Crippen molar-refractivity contribution in [2.24, 2.45) is 11.8 Å². The molecule has 33 heavy (non-hydrogen) atoms. The Morgan fingerprint density at radius 2 is 2.00 bits per heavy atom. The van der Waals surface area contributed by atoms with Gasteiger partial charge in [0.15, 0.2) is 6.79 Å².